The first-order valence-corrected chi connectivity index (χ1v) is 6.54. The Bertz CT molecular complexity index is 530. The zero-order chi connectivity index (χ0) is 14.7. The molecule has 2 unspecified atom stereocenters. The van der Waals surface area contributed by atoms with Crippen molar-refractivity contribution in [2.24, 2.45) is 0 Å². The Morgan fingerprint density at radius 2 is 2.30 bits per heavy atom. The van der Waals surface area contributed by atoms with Crippen molar-refractivity contribution in [1.82, 2.24) is 0 Å². The van der Waals surface area contributed by atoms with E-state index in [9.17, 15) is 9.18 Å². The van der Waals surface area contributed by atoms with E-state index >= 15 is 0 Å². The Hall–Kier alpha value is -1.88. The van der Waals surface area contributed by atoms with Gasteiger partial charge in [-0.25, -0.2) is 9.18 Å². The number of anilines is 1. The van der Waals surface area contributed by atoms with Crippen molar-refractivity contribution in [2.75, 3.05) is 18.6 Å². The van der Waals surface area contributed by atoms with Crippen LogP contribution in [0.3, 0.4) is 0 Å². The van der Waals surface area contributed by atoms with Crippen molar-refractivity contribution < 1.29 is 19.0 Å². The number of nitrogens with zero attached hydrogens (tertiary/aromatic N) is 1. The molecule has 2 atom stereocenters. The number of carboxylic acids is 1. The number of rotatable bonds is 4. The number of hydrogen-bond acceptors (Lipinski definition) is 3. The molecule has 1 aliphatic heterocycles. The summed E-state index contributed by atoms with van der Waals surface area (Å²) in [5.41, 5.74) is 1.35. The Kier molecular flexibility index (Phi) is 4.39. The second-order valence-electron chi connectivity index (χ2n) is 4.92. The maximum absolute atomic E-state index is 13.4. The molecular formula is C15H18FNO3. The number of benzene rings is 1. The summed E-state index contributed by atoms with van der Waals surface area (Å²) in [6.45, 7) is 2.71. The number of carboxylic acid groups (broad SMARTS) is 1. The molecule has 4 nitrogen and oxygen atoms in total. The quantitative estimate of drug-likeness (QED) is 0.860. The molecule has 1 heterocycles. The molecule has 0 spiro atoms. The normalized spacial score (nSPS) is 22.4. The molecule has 0 aromatic heterocycles. The van der Waals surface area contributed by atoms with Crippen molar-refractivity contribution in [2.45, 2.75) is 25.5 Å². The van der Waals surface area contributed by atoms with Crippen molar-refractivity contribution in [1.29, 1.82) is 0 Å². The van der Waals surface area contributed by atoms with Gasteiger partial charge in [0, 0.05) is 31.0 Å². The van der Waals surface area contributed by atoms with Gasteiger partial charge in [-0.2, -0.15) is 0 Å². The van der Waals surface area contributed by atoms with E-state index in [1.54, 1.807) is 6.07 Å². The van der Waals surface area contributed by atoms with Gasteiger partial charge in [0.15, 0.2) is 0 Å². The highest BCUT2D eigenvalue weighted by molar-refractivity contribution is 5.87. The third-order valence-corrected chi connectivity index (χ3v) is 3.61. The molecule has 108 valence electrons. The van der Waals surface area contributed by atoms with E-state index in [1.807, 2.05) is 18.9 Å². The van der Waals surface area contributed by atoms with Gasteiger partial charge in [-0.1, -0.05) is 0 Å². The number of likely N-dealkylation sites (N-methyl/N-ethyl adjacent to an activating group) is 1. The topological polar surface area (TPSA) is 49.8 Å². The van der Waals surface area contributed by atoms with Gasteiger partial charge in [-0.15, -0.1) is 0 Å². The van der Waals surface area contributed by atoms with Crippen LogP contribution in [0.4, 0.5) is 10.1 Å². The average Bonchev–Trinajstić information content (AvgIpc) is 2.82. The molecule has 0 radical (unpaired) electrons. The van der Waals surface area contributed by atoms with E-state index in [1.165, 1.54) is 18.2 Å². The lowest BCUT2D eigenvalue weighted by atomic mass is 10.1. The van der Waals surface area contributed by atoms with E-state index < -0.39 is 5.97 Å². The summed E-state index contributed by atoms with van der Waals surface area (Å²) in [4.78, 5) is 12.7. The van der Waals surface area contributed by atoms with Crippen LogP contribution in [0.2, 0.25) is 0 Å². The molecular weight excluding hydrogens is 261 g/mol. The predicted octanol–water partition coefficient (Wildman–Crippen LogP) is 2.54. The van der Waals surface area contributed by atoms with Crippen LogP contribution in [0.15, 0.2) is 24.3 Å². The molecule has 5 heteroatoms. The van der Waals surface area contributed by atoms with Crippen LogP contribution >= 0.6 is 0 Å². The molecule has 1 aliphatic rings. The molecule has 1 fully saturated rings. The molecule has 20 heavy (non-hydrogen) atoms. The van der Waals surface area contributed by atoms with Crippen LogP contribution in [-0.4, -0.2) is 36.9 Å². The first-order valence-electron chi connectivity index (χ1n) is 6.54. The number of ether oxygens (including phenoxy) is 1. The zero-order valence-corrected chi connectivity index (χ0v) is 11.5. The summed E-state index contributed by atoms with van der Waals surface area (Å²) in [5.74, 6) is -1.44. The molecule has 0 amide bonds. The van der Waals surface area contributed by atoms with E-state index in [2.05, 4.69) is 0 Å². The Labute approximate surface area is 117 Å². The summed E-state index contributed by atoms with van der Waals surface area (Å²) in [5, 5.41) is 8.71. The van der Waals surface area contributed by atoms with Crippen molar-refractivity contribution in [3.8, 4) is 0 Å². The standard InChI is InChI=1S/C15H18FNO3/c1-10-13(7-8-20-10)17(2)14-5-4-12(16)9-11(14)3-6-15(18)19/h3-6,9-10,13H,7-8H2,1-2H3,(H,18,19)/b6-3+. The molecule has 1 N–H and O–H groups in total. The van der Waals surface area contributed by atoms with Gasteiger partial charge < -0.3 is 14.7 Å². The Balaban J connectivity index is 2.32. The summed E-state index contributed by atoms with van der Waals surface area (Å²) in [6.07, 6.45) is 3.43. The Morgan fingerprint density at radius 3 is 2.90 bits per heavy atom. The highest BCUT2D eigenvalue weighted by Crippen LogP contribution is 2.28. The lowest BCUT2D eigenvalue weighted by molar-refractivity contribution is -0.131. The first-order chi connectivity index (χ1) is 9.49. The first kappa shape index (κ1) is 14.5. The van der Waals surface area contributed by atoms with Gasteiger partial charge in [0.05, 0.1) is 12.1 Å². The predicted molar refractivity (Wildman–Crippen MR) is 75.3 cm³/mol. The van der Waals surface area contributed by atoms with Gasteiger partial charge in [0.25, 0.3) is 0 Å². The molecule has 1 saturated heterocycles. The number of halogens is 1. The van der Waals surface area contributed by atoms with Gasteiger partial charge in [0.2, 0.25) is 0 Å². The monoisotopic (exact) mass is 279 g/mol. The fourth-order valence-corrected chi connectivity index (χ4v) is 2.55. The van der Waals surface area contributed by atoms with Gasteiger partial charge in [-0.05, 0) is 37.6 Å². The molecule has 2 rings (SSSR count). The number of hydrogen-bond donors (Lipinski definition) is 1. The fraction of sp³-hybridized carbons (Fsp3) is 0.400. The van der Waals surface area contributed by atoms with E-state index in [0.29, 0.717) is 12.2 Å². The largest absolute Gasteiger partial charge is 0.478 e. The van der Waals surface area contributed by atoms with Crippen LogP contribution in [-0.2, 0) is 9.53 Å². The summed E-state index contributed by atoms with van der Waals surface area (Å²) in [7, 11) is 1.92. The van der Waals surface area contributed by atoms with Gasteiger partial charge in [-0.3, -0.25) is 0 Å². The van der Waals surface area contributed by atoms with Crippen LogP contribution in [0, 0.1) is 5.82 Å². The molecule has 0 aliphatic carbocycles. The van der Waals surface area contributed by atoms with Crippen LogP contribution in [0.1, 0.15) is 18.9 Å². The molecule has 1 aromatic rings. The lowest BCUT2D eigenvalue weighted by Gasteiger charge is -2.30. The maximum atomic E-state index is 13.4. The van der Waals surface area contributed by atoms with Gasteiger partial charge in [0.1, 0.15) is 5.82 Å². The van der Waals surface area contributed by atoms with E-state index in [-0.39, 0.29) is 18.0 Å². The third kappa shape index (κ3) is 3.17. The van der Waals surface area contributed by atoms with Crippen molar-refractivity contribution in [3.63, 3.8) is 0 Å². The van der Waals surface area contributed by atoms with Crippen LogP contribution in [0.5, 0.6) is 0 Å². The lowest BCUT2D eigenvalue weighted by Crippen LogP contribution is -2.37. The molecule has 0 bridgehead atoms. The number of aliphatic carboxylic acids is 1. The highest BCUT2D eigenvalue weighted by Gasteiger charge is 2.28. The van der Waals surface area contributed by atoms with Crippen LogP contribution < -0.4 is 4.90 Å². The van der Waals surface area contributed by atoms with E-state index in [4.69, 9.17) is 9.84 Å². The fourth-order valence-electron chi connectivity index (χ4n) is 2.55. The summed E-state index contributed by atoms with van der Waals surface area (Å²) < 4.78 is 18.9. The van der Waals surface area contributed by atoms with Crippen LogP contribution in [0.25, 0.3) is 6.08 Å². The van der Waals surface area contributed by atoms with Crippen molar-refractivity contribution >= 4 is 17.7 Å². The number of carbonyl (C=O) groups is 1. The minimum atomic E-state index is -1.06. The summed E-state index contributed by atoms with van der Waals surface area (Å²) in [6, 6.07) is 4.59. The minimum absolute atomic E-state index is 0.0985. The second kappa shape index (κ2) is 6.05. The highest BCUT2D eigenvalue weighted by atomic mass is 19.1. The second-order valence-corrected chi connectivity index (χ2v) is 4.92. The van der Waals surface area contributed by atoms with Gasteiger partial charge >= 0.3 is 5.97 Å². The zero-order valence-electron chi connectivity index (χ0n) is 11.5. The maximum Gasteiger partial charge on any atom is 0.328 e. The average molecular weight is 279 g/mol. The summed E-state index contributed by atoms with van der Waals surface area (Å²) >= 11 is 0. The van der Waals surface area contributed by atoms with Crippen molar-refractivity contribution in [3.05, 3.63) is 35.7 Å². The smallest absolute Gasteiger partial charge is 0.328 e. The third-order valence-electron chi connectivity index (χ3n) is 3.61. The molecule has 1 aromatic carbocycles. The minimum Gasteiger partial charge on any atom is -0.478 e. The van der Waals surface area contributed by atoms with E-state index in [0.717, 1.165) is 18.2 Å². The SMILES string of the molecule is CC1OCCC1N(C)c1ccc(F)cc1/C=C/C(=O)O. The Morgan fingerprint density at radius 1 is 1.55 bits per heavy atom. The molecule has 0 saturated carbocycles.